The van der Waals surface area contributed by atoms with Gasteiger partial charge in [-0.05, 0) is 39.3 Å². The topological polar surface area (TPSA) is 49.6 Å². The molecule has 2 N–H and O–H groups in total. The number of rotatable bonds is 5. The van der Waals surface area contributed by atoms with Gasteiger partial charge in [-0.3, -0.25) is 9.69 Å². The van der Waals surface area contributed by atoms with Crippen LogP contribution in [0.25, 0.3) is 0 Å². The van der Waals surface area contributed by atoms with E-state index < -0.39 is 0 Å². The molecule has 0 saturated heterocycles. The van der Waals surface area contributed by atoms with E-state index in [4.69, 9.17) is 5.73 Å². The first-order chi connectivity index (χ1) is 8.10. The first-order valence-corrected chi connectivity index (χ1v) is 6.74. The van der Waals surface area contributed by atoms with Gasteiger partial charge in [-0.25, -0.2) is 0 Å². The Balaban J connectivity index is 2.50. The van der Waals surface area contributed by atoms with Crippen LogP contribution in [-0.2, 0) is 4.79 Å². The maximum absolute atomic E-state index is 11.9. The summed E-state index contributed by atoms with van der Waals surface area (Å²) in [6, 6.07) is 0.489. The van der Waals surface area contributed by atoms with E-state index in [1.165, 1.54) is 25.7 Å². The molecule has 0 aromatic carbocycles. The lowest BCUT2D eigenvalue weighted by molar-refractivity contribution is -0.131. The highest BCUT2D eigenvalue weighted by atomic mass is 16.2. The third-order valence-electron chi connectivity index (χ3n) is 4.02. The minimum Gasteiger partial charge on any atom is -0.345 e. The number of carbonyl (C=O) groups is 1. The van der Waals surface area contributed by atoms with E-state index in [-0.39, 0.29) is 5.91 Å². The van der Waals surface area contributed by atoms with E-state index in [2.05, 4.69) is 11.9 Å². The van der Waals surface area contributed by atoms with Gasteiger partial charge in [0.1, 0.15) is 0 Å². The molecule has 4 nitrogen and oxygen atoms in total. The Morgan fingerprint density at radius 3 is 2.53 bits per heavy atom. The summed E-state index contributed by atoms with van der Waals surface area (Å²) in [5, 5.41) is 0. The normalized spacial score (nSPS) is 25.0. The molecule has 0 aromatic heterocycles. The molecule has 100 valence electrons. The fourth-order valence-corrected chi connectivity index (χ4v) is 2.67. The Labute approximate surface area is 105 Å². The Morgan fingerprint density at radius 2 is 1.94 bits per heavy atom. The fourth-order valence-electron chi connectivity index (χ4n) is 2.67. The van der Waals surface area contributed by atoms with Crippen LogP contribution in [0.3, 0.4) is 0 Å². The van der Waals surface area contributed by atoms with Gasteiger partial charge < -0.3 is 10.6 Å². The zero-order valence-corrected chi connectivity index (χ0v) is 11.5. The summed E-state index contributed by atoms with van der Waals surface area (Å²) in [4.78, 5) is 15.8. The molecule has 1 aliphatic carbocycles. The van der Waals surface area contributed by atoms with Crippen LogP contribution in [0.4, 0.5) is 0 Å². The second kappa shape index (κ2) is 6.97. The van der Waals surface area contributed by atoms with Gasteiger partial charge in [-0.2, -0.15) is 0 Å². The average Bonchev–Trinajstić information content (AvgIpc) is 2.37. The van der Waals surface area contributed by atoms with E-state index in [0.29, 0.717) is 18.5 Å². The highest BCUT2D eigenvalue weighted by molar-refractivity contribution is 5.77. The van der Waals surface area contributed by atoms with Crippen LogP contribution in [0.2, 0.25) is 0 Å². The van der Waals surface area contributed by atoms with Crippen LogP contribution < -0.4 is 5.73 Å². The van der Waals surface area contributed by atoms with Crippen LogP contribution >= 0.6 is 0 Å². The highest BCUT2D eigenvalue weighted by Gasteiger charge is 2.28. The molecule has 1 rings (SSSR count). The molecule has 17 heavy (non-hydrogen) atoms. The van der Waals surface area contributed by atoms with Crippen molar-refractivity contribution in [2.24, 2.45) is 11.7 Å². The lowest BCUT2D eigenvalue weighted by Crippen LogP contribution is -2.47. The van der Waals surface area contributed by atoms with Gasteiger partial charge in [0, 0.05) is 19.6 Å². The van der Waals surface area contributed by atoms with Crippen LogP contribution in [0.5, 0.6) is 0 Å². The minimum absolute atomic E-state index is 0.205. The smallest absolute Gasteiger partial charge is 0.236 e. The summed E-state index contributed by atoms with van der Waals surface area (Å²) in [5.41, 5.74) is 5.83. The van der Waals surface area contributed by atoms with Crippen molar-refractivity contribution >= 4 is 5.91 Å². The van der Waals surface area contributed by atoms with E-state index in [1.807, 2.05) is 14.0 Å². The van der Waals surface area contributed by atoms with E-state index in [0.717, 1.165) is 13.1 Å². The molecule has 0 aliphatic heterocycles. The van der Waals surface area contributed by atoms with Crippen LogP contribution in [0.1, 0.15) is 32.6 Å². The number of nitrogens with zero attached hydrogens (tertiary/aromatic N) is 2. The highest BCUT2D eigenvalue weighted by Crippen LogP contribution is 2.26. The van der Waals surface area contributed by atoms with Crippen molar-refractivity contribution < 1.29 is 4.79 Å². The molecule has 0 heterocycles. The van der Waals surface area contributed by atoms with E-state index in [9.17, 15) is 4.79 Å². The molecular formula is C13H27N3O. The molecule has 4 heteroatoms. The van der Waals surface area contributed by atoms with Crippen molar-refractivity contribution in [2.75, 3.05) is 33.7 Å². The molecule has 0 aromatic rings. The number of amides is 1. The first kappa shape index (κ1) is 14.5. The molecule has 1 saturated carbocycles. The lowest BCUT2D eigenvalue weighted by Gasteiger charge is -2.37. The fraction of sp³-hybridized carbons (Fsp3) is 0.923. The molecule has 0 radical (unpaired) electrons. The second-order valence-electron chi connectivity index (χ2n) is 5.17. The summed E-state index contributed by atoms with van der Waals surface area (Å²) < 4.78 is 0. The van der Waals surface area contributed by atoms with Crippen molar-refractivity contribution in [1.82, 2.24) is 9.80 Å². The maximum Gasteiger partial charge on any atom is 0.236 e. The van der Waals surface area contributed by atoms with Crippen molar-refractivity contribution in [1.29, 1.82) is 0 Å². The Hall–Kier alpha value is -0.610. The summed E-state index contributed by atoms with van der Waals surface area (Å²) in [5.74, 6) is 0.768. The van der Waals surface area contributed by atoms with Crippen molar-refractivity contribution in [3.63, 3.8) is 0 Å². The molecule has 1 amide bonds. The molecule has 2 unspecified atom stereocenters. The standard InChI is InChI=1S/C13H27N3O/c1-4-15(2)13(17)10-16(3)12-8-6-5-7-11(12)9-14/h11-12H,4-10,14H2,1-3H3. The van der Waals surface area contributed by atoms with Gasteiger partial charge in [0.2, 0.25) is 5.91 Å². The lowest BCUT2D eigenvalue weighted by atomic mass is 9.84. The molecule has 0 bridgehead atoms. The monoisotopic (exact) mass is 241 g/mol. The Bertz CT molecular complexity index is 245. The maximum atomic E-state index is 11.9. The molecule has 2 atom stereocenters. The number of likely N-dealkylation sites (N-methyl/N-ethyl adjacent to an activating group) is 2. The van der Waals surface area contributed by atoms with Gasteiger partial charge in [0.05, 0.1) is 6.54 Å². The number of nitrogens with two attached hydrogens (primary N) is 1. The van der Waals surface area contributed by atoms with Gasteiger partial charge in [0.15, 0.2) is 0 Å². The van der Waals surface area contributed by atoms with Crippen LogP contribution in [-0.4, -0.2) is 55.5 Å². The van der Waals surface area contributed by atoms with Gasteiger partial charge in [-0.15, -0.1) is 0 Å². The predicted molar refractivity (Wildman–Crippen MR) is 70.7 cm³/mol. The Morgan fingerprint density at radius 1 is 1.29 bits per heavy atom. The van der Waals surface area contributed by atoms with Gasteiger partial charge >= 0.3 is 0 Å². The predicted octanol–water partition coefficient (Wildman–Crippen LogP) is 0.914. The van der Waals surface area contributed by atoms with Gasteiger partial charge in [-0.1, -0.05) is 12.8 Å². The second-order valence-corrected chi connectivity index (χ2v) is 5.17. The minimum atomic E-state index is 0.205. The third kappa shape index (κ3) is 3.96. The van der Waals surface area contributed by atoms with Crippen molar-refractivity contribution in [3.8, 4) is 0 Å². The summed E-state index contributed by atoms with van der Waals surface area (Å²) in [6.45, 7) is 4.04. The van der Waals surface area contributed by atoms with Crippen molar-refractivity contribution in [2.45, 2.75) is 38.6 Å². The summed E-state index contributed by atoms with van der Waals surface area (Å²) >= 11 is 0. The SMILES string of the molecule is CCN(C)C(=O)CN(C)C1CCCCC1CN. The third-order valence-corrected chi connectivity index (χ3v) is 4.02. The molecule has 1 fully saturated rings. The van der Waals surface area contributed by atoms with Crippen LogP contribution in [0.15, 0.2) is 0 Å². The van der Waals surface area contributed by atoms with E-state index in [1.54, 1.807) is 4.90 Å². The molecule has 0 spiro atoms. The Kier molecular flexibility index (Phi) is 5.92. The first-order valence-electron chi connectivity index (χ1n) is 6.74. The van der Waals surface area contributed by atoms with Crippen molar-refractivity contribution in [3.05, 3.63) is 0 Å². The molecule has 1 aliphatic rings. The largest absolute Gasteiger partial charge is 0.345 e. The number of hydrogen-bond donors (Lipinski definition) is 1. The quantitative estimate of drug-likeness (QED) is 0.778. The van der Waals surface area contributed by atoms with Crippen LogP contribution in [0, 0.1) is 5.92 Å². The zero-order chi connectivity index (χ0) is 12.8. The molecular weight excluding hydrogens is 214 g/mol. The van der Waals surface area contributed by atoms with E-state index >= 15 is 0 Å². The van der Waals surface area contributed by atoms with Gasteiger partial charge in [0.25, 0.3) is 0 Å². The summed E-state index contributed by atoms with van der Waals surface area (Å²) in [6.07, 6.45) is 4.95. The number of hydrogen-bond acceptors (Lipinski definition) is 3. The summed E-state index contributed by atoms with van der Waals surface area (Å²) in [7, 11) is 3.91. The average molecular weight is 241 g/mol. The zero-order valence-electron chi connectivity index (χ0n) is 11.5. The number of carbonyl (C=O) groups excluding carboxylic acids is 1.